The zero-order valence-electron chi connectivity index (χ0n) is 23.3. The van der Waals surface area contributed by atoms with Gasteiger partial charge in [0.2, 0.25) is 5.91 Å². The molecule has 3 aromatic rings. The molecule has 1 amide bonds. The van der Waals surface area contributed by atoms with Crippen LogP contribution in [0.1, 0.15) is 62.1 Å². The largest absolute Gasteiger partial charge is 0.361 e. The summed E-state index contributed by atoms with van der Waals surface area (Å²) in [5.74, 6) is -0.184. The van der Waals surface area contributed by atoms with Gasteiger partial charge in [-0.05, 0) is 79.8 Å². The minimum atomic E-state index is -0.598. The van der Waals surface area contributed by atoms with Crippen molar-refractivity contribution >= 4 is 22.9 Å². The number of hydrogen-bond donors (Lipinski definition) is 1. The zero-order chi connectivity index (χ0) is 27.5. The first-order valence-corrected chi connectivity index (χ1v) is 14.3. The van der Waals surface area contributed by atoms with Crippen molar-refractivity contribution in [3.63, 3.8) is 0 Å². The van der Waals surface area contributed by atoms with Crippen molar-refractivity contribution < 1.29 is 13.6 Å². The van der Waals surface area contributed by atoms with E-state index in [4.69, 9.17) is 0 Å². The molecule has 208 valence electrons. The number of para-hydroxylation sites is 1. The summed E-state index contributed by atoms with van der Waals surface area (Å²) in [5.41, 5.74) is 3.01. The van der Waals surface area contributed by atoms with E-state index < -0.39 is 11.6 Å². The molecule has 2 saturated heterocycles. The van der Waals surface area contributed by atoms with E-state index in [0.29, 0.717) is 36.5 Å². The summed E-state index contributed by atoms with van der Waals surface area (Å²) in [6.45, 7) is 10.4. The number of carbonyl (C=O) groups is 1. The van der Waals surface area contributed by atoms with E-state index in [1.165, 1.54) is 47.7 Å². The van der Waals surface area contributed by atoms with Gasteiger partial charge in [0.1, 0.15) is 11.6 Å². The second-order valence-corrected chi connectivity index (χ2v) is 11.5. The molecule has 2 fully saturated rings. The smallest absolute Gasteiger partial charge is 0.246 e. The molecule has 2 aliphatic rings. The van der Waals surface area contributed by atoms with E-state index in [1.54, 1.807) is 0 Å². The highest BCUT2D eigenvalue weighted by Gasteiger charge is 2.33. The number of carbonyl (C=O) groups excluding carboxylic acids is 1. The summed E-state index contributed by atoms with van der Waals surface area (Å²) >= 11 is 0. The Kier molecular flexibility index (Phi) is 8.48. The van der Waals surface area contributed by atoms with Crippen molar-refractivity contribution in [1.29, 1.82) is 0 Å². The summed E-state index contributed by atoms with van der Waals surface area (Å²) in [6, 6.07) is 11.5. The normalized spacial score (nSPS) is 18.3. The maximum atomic E-state index is 13.9. The van der Waals surface area contributed by atoms with Gasteiger partial charge in [0, 0.05) is 67.5 Å². The number of fused-ring (bicyclic) bond motifs is 1. The van der Waals surface area contributed by atoms with Crippen molar-refractivity contribution in [3.8, 4) is 0 Å². The molecule has 0 aliphatic carbocycles. The van der Waals surface area contributed by atoms with Crippen LogP contribution in [0, 0.1) is 24.5 Å². The van der Waals surface area contributed by atoms with Gasteiger partial charge in [0.25, 0.3) is 0 Å². The molecule has 0 spiro atoms. The molecule has 0 radical (unpaired) electrons. The summed E-state index contributed by atoms with van der Waals surface area (Å²) in [6.07, 6.45) is 9.25. The highest BCUT2D eigenvalue weighted by atomic mass is 19.1. The number of piperidine rings is 2. The van der Waals surface area contributed by atoms with Gasteiger partial charge in [-0.1, -0.05) is 32.0 Å². The number of aromatic nitrogens is 1. The van der Waals surface area contributed by atoms with Crippen LogP contribution >= 0.6 is 0 Å². The van der Waals surface area contributed by atoms with Crippen molar-refractivity contribution in [2.24, 2.45) is 5.92 Å². The second-order valence-electron chi connectivity index (χ2n) is 11.5. The standard InChI is InChI=1S/C32H40F2N4O/c1-22(2)21-38(37-16-10-25(11-17-37)28-20-35-31-7-5-4-6-27(28)31)26-12-14-36(15-13-26)32(39)9-8-24-18-29(33)23(3)30(34)19-24/h4-9,18-20,22,25-26,35H,10-17,21H2,1-3H3/b9-8+. The fourth-order valence-corrected chi connectivity index (χ4v) is 6.15. The third kappa shape index (κ3) is 6.25. The Morgan fingerprint density at radius 2 is 1.72 bits per heavy atom. The lowest BCUT2D eigenvalue weighted by atomic mass is 9.89. The third-order valence-corrected chi connectivity index (χ3v) is 8.37. The number of nitrogens with one attached hydrogen (secondary N) is 1. The summed E-state index contributed by atoms with van der Waals surface area (Å²) in [4.78, 5) is 18.1. The van der Waals surface area contributed by atoms with Gasteiger partial charge in [-0.25, -0.2) is 18.8 Å². The number of amides is 1. The van der Waals surface area contributed by atoms with Crippen LogP contribution < -0.4 is 0 Å². The molecule has 0 saturated carbocycles. The lowest BCUT2D eigenvalue weighted by Gasteiger charge is -2.47. The number of benzene rings is 2. The molecule has 0 unspecified atom stereocenters. The average Bonchev–Trinajstić information content (AvgIpc) is 3.38. The summed E-state index contributed by atoms with van der Waals surface area (Å²) < 4.78 is 27.7. The predicted octanol–water partition coefficient (Wildman–Crippen LogP) is 6.51. The molecule has 5 nitrogen and oxygen atoms in total. The van der Waals surface area contributed by atoms with E-state index >= 15 is 0 Å². The summed E-state index contributed by atoms with van der Waals surface area (Å²) in [5, 5.41) is 6.50. The summed E-state index contributed by atoms with van der Waals surface area (Å²) in [7, 11) is 0. The molecule has 7 heteroatoms. The molecule has 0 atom stereocenters. The molecule has 2 aliphatic heterocycles. The van der Waals surface area contributed by atoms with Crippen LogP contribution in [0.3, 0.4) is 0 Å². The Morgan fingerprint density at radius 1 is 1.05 bits per heavy atom. The van der Waals surface area contributed by atoms with E-state index in [0.717, 1.165) is 45.3 Å². The average molecular weight is 535 g/mol. The van der Waals surface area contributed by atoms with Crippen molar-refractivity contribution in [3.05, 3.63) is 77.0 Å². The van der Waals surface area contributed by atoms with Crippen LogP contribution in [0.5, 0.6) is 0 Å². The van der Waals surface area contributed by atoms with Crippen LogP contribution in [-0.4, -0.2) is 64.6 Å². The van der Waals surface area contributed by atoms with Gasteiger partial charge in [0.15, 0.2) is 0 Å². The van der Waals surface area contributed by atoms with Crippen LogP contribution in [0.4, 0.5) is 8.78 Å². The highest BCUT2D eigenvalue weighted by Crippen LogP contribution is 2.34. The van der Waals surface area contributed by atoms with E-state index in [2.05, 4.69) is 59.3 Å². The first-order valence-electron chi connectivity index (χ1n) is 14.3. The SMILES string of the molecule is Cc1c(F)cc(/C=C/C(=O)N2CCC(N(CC(C)C)N3CCC(c4c[nH]c5ccccc45)CC3)CC2)cc1F. The topological polar surface area (TPSA) is 42.6 Å². The van der Waals surface area contributed by atoms with Crippen LogP contribution in [0.15, 0.2) is 48.7 Å². The second kappa shape index (κ2) is 12.0. The van der Waals surface area contributed by atoms with Crippen molar-refractivity contribution in [1.82, 2.24) is 19.9 Å². The maximum Gasteiger partial charge on any atom is 0.246 e. The van der Waals surface area contributed by atoms with Crippen molar-refractivity contribution in [2.75, 3.05) is 32.7 Å². The Bertz CT molecular complexity index is 1290. The molecule has 2 aromatic carbocycles. The number of rotatable bonds is 7. The number of aromatic amines is 1. The van der Waals surface area contributed by atoms with Crippen LogP contribution in [-0.2, 0) is 4.79 Å². The Balaban J connectivity index is 1.18. The highest BCUT2D eigenvalue weighted by molar-refractivity contribution is 5.91. The number of likely N-dealkylation sites (tertiary alicyclic amines) is 1. The first-order chi connectivity index (χ1) is 18.8. The Labute approximate surface area is 230 Å². The predicted molar refractivity (Wildman–Crippen MR) is 153 cm³/mol. The number of nitrogens with zero attached hydrogens (tertiary/aromatic N) is 3. The first kappa shape index (κ1) is 27.5. The van der Waals surface area contributed by atoms with E-state index in [1.807, 2.05) is 4.90 Å². The van der Waals surface area contributed by atoms with Gasteiger partial charge in [-0.15, -0.1) is 0 Å². The Morgan fingerprint density at radius 3 is 2.38 bits per heavy atom. The number of hydrogen-bond acceptors (Lipinski definition) is 3. The number of H-pyrrole nitrogens is 1. The molecular formula is C32H40F2N4O. The quantitative estimate of drug-likeness (QED) is 0.352. The third-order valence-electron chi connectivity index (χ3n) is 8.37. The Hall–Kier alpha value is -3.03. The van der Waals surface area contributed by atoms with Gasteiger partial charge < -0.3 is 9.88 Å². The zero-order valence-corrected chi connectivity index (χ0v) is 23.3. The van der Waals surface area contributed by atoms with Gasteiger partial charge >= 0.3 is 0 Å². The minimum Gasteiger partial charge on any atom is -0.361 e. The van der Waals surface area contributed by atoms with E-state index in [-0.39, 0.29) is 11.5 Å². The molecule has 0 bridgehead atoms. The minimum absolute atomic E-state index is 0.00584. The molecule has 1 aromatic heterocycles. The van der Waals surface area contributed by atoms with Crippen LogP contribution in [0.2, 0.25) is 0 Å². The van der Waals surface area contributed by atoms with Gasteiger partial charge in [-0.2, -0.15) is 0 Å². The lowest BCUT2D eigenvalue weighted by Crippen LogP contribution is -2.56. The lowest BCUT2D eigenvalue weighted by molar-refractivity contribution is -0.131. The molecule has 5 rings (SSSR count). The molecular weight excluding hydrogens is 494 g/mol. The number of halogens is 2. The molecule has 39 heavy (non-hydrogen) atoms. The van der Waals surface area contributed by atoms with Crippen LogP contribution in [0.25, 0.3) is 17.0 Å². The monoisotopic (exact) mass is 534 g/mol. The van der Waals surface area contributed by atoms with Crippen molar-refractivity contribution in [2.45, 2.75) is 58.4 Å². The van der Waals surface area contributed by atoms with E-state index in [9.17, 15) is 13.6 Å². The number of hydrazine groups is 1. The molecule has 3 heterocycles. The van der Waals surface area contributed by atoms with Gasteiger partial charge in [0.05, 0.1) is 0 Å². The fraction of sp³-hybridized carbons (Fsp3) is 0.469. The van der Waals surface area contributed by atoms with Gasteiger partial charge in [-0.3, -0.25) is 4.79 Å². The maximum absolute atomic E-state index is 13.9. The molecule has 1 N–H and O–H groups in total. The fourth-order valence-electron chi connectivity index (χ4n) is 6.15.